The van der Waals surface area contributed by atoms with Crippen LogP contribution in [0.1, 0.15) is 17.0 Å². The molecule has 1 saturated heterocycles. The number of benzene rings is 2. The van der Waals surface area contributed by atoms with E-state index in [-0.39, 0.29) is 5.76 Å². The number of carboxylic acid groups (broad SMARTS) is 1. The fourth-order valence-corrected chi connectivity index (χ4v) is 6.13. The zero-order valence-electron chi connectivity index (χ0n) is 16.4. The van der Waals surface area contributed by atoms with Gasteiger partial charge in [0.2, 0.25) is 5.91 Å². The Balaban J connectivity index is 1.95. The van der Waals surface area contributed by atoms with Gasteiger partial charge in [-0.3, -0.25) is 9.69 Å². The number of fused-ring (bicyclic) bond motifs is 1. The molecule has 0 aromatic heterocycles. The lowest BCUT2D eigenvalue weighted by Crippen LogP contribution is -2.69. The van der Waals surface area contributed by atoms with Crippen LogP contribution in [0.3, 0.4) is 0 Å². The van der Waals surface area contributed by atoms with E-state index >= 15 is 0 Å². The van der Waals surface area contributed by atoms with E-state index in [0.29, 0.717) is 0 Å². The van der Waals surface area contributed by atoms with Crippen LogP contribution in [-0.2, 0) is 23.9 Å². The van der Waals surface area contributed by atoms with Gasteiger partial charge in [0, 0.05) is 5.92 Å². The molecule has 2 aliphatic rings. The predicted molar refractivity (Wildman–Crippen MR) is 115 cm³/mol. The molecule has 31 heavy (non-hydrogen) atoms. The van der Waals surface area contributed by atoms with Gasteiger partial charge in [-0.25, -0.2) is 4.79 Å². The first-order valence-corrected chi connectivity index (χ1v) is 12.2. The molecule has 2 aromatic carbocycles. The Bertz CT molecular complexity index is 1110. The first-order valence-electron chi connectivity index (χ1n) is 9.40. The Labute approximate surface area is 183 Å². The zero-order valence-corrected chi connectivity index (χ0v) is 18.0. The average Bonchev–Trinajstić information content (AvgIpc) is 2.74. The topological polar surface area (TPSA) is 127 Å². The van der Waals surface area contributed by atoms with Gasteiger partial charge in [-0.15, -0.1) is 11.8 Å². The van der Waals surface area contributed by atoms with Gasteiger partial charge in [-0.1, -0.05) is 60.7 Å². The molecule has 1 fully saturated rings. The van der Waals surface area contributed by atoms with Crippen molar-refractivity contribution in [2.75, 3.05) is 6.26 Å². The van der Waals surface area contributed by atoms with Crippen LogP contribution in [-0.4, -0.2) is 53.2 Å². The van der Waals surface area contributed by atoms with Gasteiger partial charge < -0.3 is 15.0 Å². The highest BCUT2D eigenvalue weighted by atomic mass is 32.2. The fraction of sp³-hybridized carbons (Fsp3) is 0.238. The Hall–Kier alpha value is -2.82. The molecule has 0 radical (unpaired) electrons. The maximum atomic E-state index is 12.3. The number of β-lactam (4-membered cyclic amide) rings is 1. The molecule has 3 unspecified atom stereocenters. The van der Waals surface area contributed by atoms with E-state index in [0.717, 1.165) is 22.3 Å². The van der Waals surface area contributed by atoms with E-state index in [4.69, 9.17) is 9.92 Å². The van der Waals surface area contributed by atoms with Crippen molar-refractivity contribution in [2.24, 2.45) is 5.73 Å². The molecule has 2 aromatic rings. The summed E-state index contributed by atoms with van der Waals surface area (Å²) in [5, 5.41) is 8.52. The van der Waals surface area contributed by atoms with Crippen molar-refractivity contribution in [3.8, 4) is 0 Å². The third-order valence-corrected chi connectivity index (χ3v) is 7.21. The minimum Gasteiger partial charge on any atom is -0.476 e. The van der Waals surface area contributed by atoms with Crippen molar-refractivity contribution in [2.45, 2.75) is 22.6 Å². The Morgan fingerprint density at radius 1 is 1.10 bits per heavy atom. The SMILES string of the molecule is CS(=O)(=O)OC1=C(C(=O)O)N2C(=O)C(N)C2SC1C(c1ccccc1)c1ccccc1. The van der Waals surface area contributed by atoms with E-state index in [9.17, 15) is 23.1 Å². The maximum absolute atomic E-state index is 12.3. The van der Waals surface area contributed by atoms with Crippen molar-refractivity contribution in [1.29, 1.82) is 0 Å². The lowest BCUT2D eigenvalue weighted by atomic mass is 9.86. The van der Waals surface area contributed by atoms with Crippen LogP contribution in [0.15, 0.2) is 72.1 Å². The molecule has 2 heterocycles. The monoisotopic (exact) mass is 460 g/mol. The van der Waals surface area contributed by atoms with Crippen molar-refractivity contribution in [1.82, 2.24) is 4.90 Å². The summed E-state index contributed by atoms with van der Waals surface area (Å²) < 4.78 is 29.4. The normalized spacial score (nSPS) is 23.4. The number of rotatable bonds is 6. The average molecular weight is 461 g/mol. The Kier molecular flexibility index (Phi) is 5.54. The lowest BCUT2D eigenvalue weighted by molar-refractivity contribution is -0.148. The maximum Gasteiger partial charge on any atom is 0.356 e. The Morgan fingerprint density at radius 3 is 2.06 bits per heavy atom. The van der Waals surface area contributed by atoms with E-state index in [1.165, 1.54) is 11.8 Å². The summed E-state index contributed by atoms with van der Waals surface area (Å²) in [6, 6.07) is 17.8. The number of hydrogen-bond donors (Lipinski definition) is 2. The Morgan fingerprint density at radius 2 is 1.61 bits per heavy atom. The number of nitrogens with two attached hydrogens (primary N) is 1. The minimum atomic E-state index is -4.07. The minimum absolute atomic E-state index is 0.283. The van der Waals surface area contributed by atoms with E-state index in [1.807, 2.05) is 60.7 Å². The van der Waals surface area contributed by atoms with Crippen LogP contribution < -0.4 is 5.73 Å². The lowest BCUT2D eigenvalue weighted by Gasteiger charge is -2.50. The molecule has 10 heteroatoms. The number of hydrogen-bond acceptors (Lipinski definition) is 7. The van der Waals surface area contributed by atoms with Crippen molar-refractivity contribution in [3.63, 3.8) is 0 Å². The van der Waals surface area contributed by atoms with Gasteiger partial charge in [0.05, 0.1) is 11.5 Å². The van der Waals surface area contributed by atoms with Gasteiger partial charge in [-0.2, -0.15) is 8.42 Å². The summed E-state index contributed by atoms with van der Waals surface area (Å²) in [5.74, 6) is -2.76. The first kappa shape index (κ1) is 21.4. The van der Waals surface area contributed by atoms with Crippen LogP contribution in [0.25, 0.3) is 0 Å². The summed E-state index contributed by atoms with van der Waals surface area (Å²) >= 11 is 1.23. The third kappa shape index (κ3) is 3.93. The van der Waals surface area contributed by atoms with Gasteiger partial charge in [0.1, 0.15) is 11.4 Å². The van der Waals surface area contributed by atoms with Crippen LogP contribution in [0.2, 0.25) is 0 Å². The second-order valence-electron chi connectivity index (χ2n) is 7.29. The van der Waals surface area contributed by atoms with Gasteiger partial charge in [0.25, 0.3) is 0 Å². The van der Waals surface area contributed by atoms with Crippen LogP contribution in [0.4, 0.5) is 0 Å². The molecule has 0 aliphatic carbocycles. The number of carbonyl (C=O) groups excluding carboxylic acids is 1. The standard InChI is InChI=1S/C21H20N2O6S2/c1-31(27,28)29-17-16(21(25)26)23-19(24)15(22)20(23)30-18(17)14(12-8-4-2-5-9-12)13-10-6-3-7-11-13/h2-11,14-15,18,20H,22H2,1H3,(H,25,26). The highest BCUT2D eigenvalue weighted by molar-refractivity contribution is 8.01. The molecule has 4 rings (SSSR count). The van der Waals surface area contributed by atoms with E-state index < -0.39 is 50.3 Å². The van der Waals surface area contributed by atoms with E-state index in [1.54, 1.807) is 0 Å². The summed E-state index contributed by atoms with van der Waals surface area (Å²) in [5.41, 5.74) is 7.17. The summed E-state index contributed by atoms with van der Waals surface area (Å²) in [4.78, 5) is 25.5. The molecular weight excluding hydrogens is 440 g/mol. The highest BCUT2D eigenvalue weighted by Crippen LogP contribution is 2.50. The fourth-order valence-electron chi connectivity index (χ4n) is 3.89. The second-order valence-corrected chi connectivity index (χ2v) is 10.1. The number of thioether (sulfide) groups is 1. The zero-order chi connectivity index (χ0) is 22.3. The van der Waals surface area contributed by atoms with Gasteiger partial charge in [-0.05, 0) is 11.1 Å². The van der Waals surface area contributed by atoms with Gasteiger partial charge in [0.15, 0.2) is 11.5 Å². The van der Waals surface area contributed by atoms with Crippen LogP contribution >= 0.6 is 11.8 Å². The number of aliphatic carboxylic acids is 1. The molecule has 2 aliphatic heterocycles. The number of nitrogens with zero attached hydrogens (tertiary/aromatic N) is 1. The second kappa shape index (κ2) is 8.03. The summed E-state index contributed by atoms with van der Waals surface area (Å²) in [6.45, 7) is 0. The van der Waals surface area contributed by atoms with Crippen LogP contribution in [0.5, 0.6) is 0 Å². The number of carbonyl (C=O) groups is 2. The highest BCUT2D eigenvalue weighted by Gasteiger charge is 2.56. The van der Waals surface area contributed by atoms with Crippen molar-refractivity contribution >= 4 is 33.8 Å². The molecule has 3 N–H and O–H groups in total. The van der Waals surface area contributed by atoms with E-state index in [2.05, 4.69) is 0 Å². The van der Waals surface area contributed by atoms with Crippen molar-refractivity contribution in [3.05, 3.63) is 83.2 Å². The van der Waals surface area contributed by atoms with Crippen molar-refractivity contribution < 1.29 is 27.3 Å². The molecule has 162 valence electrons. The molecule has 8 nitrogen and oxygen atoms in total. The van der Waals surface area contributed by atoms with Gasteiger partial charge >= 0.3 is 16.1 Å². The van der Waals surface area contributed by atoms with Crippen LogP contribution in [0, 0.1) is 0 Å². The molecule has 3 atom stereocenters. The molecule has 1 amide bonds. The quantitative estimate of drug-likeness (QED) is 0.493. The molecule has 0 spiro atoms. The number of carboxylic acids is 1. The largest absolute Gasteiger partial charge is 0.476 e. The summed E-state index contributed by atoms with van der Waals surface area (Å²) in [6.07, 6.45) is 0.844. The first-order chi connectivity index (χ1) is 14.7. The summed E-state index contributed by atoms with van der Waals surface area (Å²) in [7, 11) is -4.07. The molecule has 0 bridgehead atoms. The third-order valence-electron chi connectivity index (χ3n) is 5.17. The molecule has 0 saturated carbocycles. The molecular formula is C21H20N2O6S2. The smallest absolute Gasteiger partial charge is 0.356 e. The number of amides is 1. The predicted octanol–water partition coefficient (Wildman–Crippen LogP) is 1.70.